The van der Waals surface area contributed by atoms with Crippen molar-refractivity contribution in [3.8, 4) is 0 Å². The number of thioether (sulfide) groups is 1. The monoisotopic (exact) mass is 254 g/mol. The maximum Gasteiger partial charge on any atom is 0.0209 e. The number of hydrogen-bond donors (Lipinski definition) is 1. The van der Waals surface area contributed by atoms with Crippen LogP contribution in [0.15, 0.2) is 0 Å². The van der Waals surface area contributed by atoms with Gasteiger partial charge in [-0.15, -0.1) is 0 Å². The molecule has 3 aliphatic rings. The molecular weight excluding hydrogens is 228 g/mol. The zero-order valence-electron chi connectivity index (χ0n) is 11.0. The van der Waals surface area contributed by atoms with Crippen molar-refractivity contribution in [2.45, 2.75) is 68.3 Å². The molecule has 0 radical (unpaired) electrons. The van der Waals surface area contributed by atoms with E-state index < -0.39 is 0 Å². The van der Waals surface area contributed by atoms with E-state index in [0.29, 0.717) is 0 Å². The van der Waals surface area contributed by atoms with Gasteiger partial charge in [-0.1, -0.05) is 0 Å². The summed E-state index contributed by atoms with van der Waals surface area (Å²) in [6, 6.07) is 2.59. The van der Waals surface area contributed by atoms with Crippen LogP contribution < -0.4 is 5.32 Å². The zero-order chi connectivity index (χ0) is 11.7. The van der Waals surface area contributed by atoms with Crippen molar-refractivity contribution >= 4 is 11.8 Å². The Labute approximate surface area is 110 Å². The highest BCUT2D eigenvalue weighted by molar-refractivity contribution is 7.99. The highest BCUT2D eigenvalue weighted by Crippen LogP contribution is 2.31. The van der Waals surface area contributed by atoms with E-state index in [1.807, 2.05) is 0 Å². The van der Waals surface area contributed by atoms with Crippen LogP contribution in [-0.2, 0) is 0 Å². The van der Waals surface area contributed by atoms with E-state index in [9.17, 15) is 0 Å². The van der Waals surface area contributed by atoms with Crippen LogP contribution in [-0.4, -0.2) is 47.6 Å². The molecule has 2 saturated carbocycles. The highest BCUT2D eigenvalue weighted by atomic mass is 32.2. The molecular formula is C14H26N2S. The number of nitrogens with zero attached hydrogens (tertiary/aromatic N) is 1. The molecule has 3 fully saturated rings. The maximum absolute atomic E-state index is 3.80. The van der Waals surface area contributed by atoms with Crippen molar-refractivity contribution < 1.29 is 0 Å². The van der Waals surface area contributed by atoms with E-state index in [0.717, 1.165) is 23.4 Å². The summed E-state index contributed by atoms with van der Waals surface area (Å²) in [5.41, 5.74) is 0. The van der Waals surface area contributed by atoms with E-state index in [1.165, 1.54) is 58.0 Å². The fourth-order valence-electron chi connectivity index (χ4n) is 3.48. The van der Waals surface area contributed by atoms with E-state index >= 15 is 0 Å². The van der Waals surface area contributed by atoms with Crippen molar-refractivity contribution in [1.29, 1.82) is 0 Å². The summed E-state index contributed by atoms with van der Waals surface area (Å²) >= 11 is 2.08. The van der Waals surface area contributed by atoms with Gasteiger partial charge in [0.15, 0.2) is 0 Å². The molecule has 0 aromatic carbocycles. The molecule has 0 aromatic heterocycles. The molecule has 2 nitrogen and oxygen atoms in total. The molecule has 1 heterocycles. The van der Waals surface area contributed by atoms with Crippen LogP contribution in [0.5, 0.6) is 0 Å². The smallest absolute Gasteiger partial charge is 0.0209 e. The molecule has 1 unspecified atom stereocenters. The minimum Gasteiger partial charge on any atom is -0.310 e. The second kappa shape index (κ2) is 5.50. The van der Waals surface area contributed by atoms with Crippen molar-refractivity contribution in [3.05, 3.63) is 0 Å². The first-order valence-electron chi connectivity index (χ1n) is 7.38. The molecule has 0 aromatic rings. The number of nitrogens with one attached hydrogen (secondary N) is 1. The Hall–Kier alpha value is 0.270. The predicted octanol–water partition coefficient (Wildman–Crippen LogP) is 2.49. The lowest BCUT2D eigenvalue weighted by molar-refractivity contribution is 0.189. The van der Waals surface area contributed by atoms with Gasteiger partial charge in [0.05, 0.1) is 0 Å². The predicted molar refractivity (Wildman–Crippen MR) is 75.7 cm³/mol. The number of likely N-dealkylation sites (tertiary alicyclic amines) is 1. The van der Waals surface area contributed by atoms with Gasteiger partial charge >= 0.3 is 0 Å². The SMILES string of the molecule is CSC1CCC(N2CCC(NC3CC3)C2)CC1. The highest BCUT2D eigenvalue weighted by Gasteiger charge is 2.33. The van der Waals surface area contributed by atoms with Crippen LogP contribution >= 0.6 is 11.8 Å². The summed E-state index contributed by atoms with van der Waals surface area (Å²) in [6.45, 7) is 2.67. The third-order valence-corrected chi connectivity index (χ3v) is 5.90. The van der Waals surface area contributed by atoms with Gasteiger partial charge in [-0.2, -0.15) is 11.8 Å². The van der Waals surface area contributed by atoms with Crippen LogP contribution in [0.2, 0.25) is 0 Å². The summed E-state index contributed by atoms with van der Waals surface area (Å²) in [4.78, 5) is 2.77. The Bertz CT molecular complexity index is 247. The van der Waals surface area contributed by atoms with Crippen molar-refractivity contribution in [2.75, 3.05) is 19.3 Å². The van der Waals surface area contributed by atoms with Gasteiger partial charge < -0.3 is 5.32 Å². The summed E-state index contributed by atoms with van der Waals surface area (Å²) in [7, 11) is 0. The standard InChI is InChI=1S/C14H26N2S/c1-17-14-6-4-13(5-7-14)16-9-8-12(10-16)15-11-2-3-11/h11-15H,2-10H2,1H3. The normalized spacial score (nSPS) is 39.7. The van der Waals surface area contributed by atoms with E-state index in [-0.39, 0.29) is 0 Å². The maximum atomic E-state index is 3.80. The zero-order valence-corrected chi connectivity index (χ0v) is 11.8. The van der Waals surface area contributed by atoms with E-state index in [2.05, 4.69) is 28.2 Å². The first-order chi connectivity index (χ1) is 8.35. The lowest BCUT2D eigenvalue weighted by atomic mass is 9.94. The molecule has 98 valence electrons. The van der Waals surface area contributed by atoms with Crippen LogP contribution in [0.4, 0.5) is 0 Å². The fraction of sp³-hybridized carbons (Fsp3) is 1.00. The Morgan fingerprint density at radius 3 is 2.35 bits per heavy atom. The summed E-state index contributed by atoms with van der Waals surface area (Å²) in [6.07, 6.45) is 12.3. The van der Waals surface area contributed by atoms with Crippen LogP contribution in [0.25, 0.3) is 0 Å². The summed E-state index contributed by atoms with van der Waals surface area (Å²) in [5.74, 6) is 0. The molecule has 0 amide bonds. The second-order valence-corrected chi connectivity index (χ2v) is 7.23. The third-order valence-electron chi connectivity index (χ3n) is 4.76. The number of hydrogen-bond acceptors (Lipinski definition) is 3. The largest absolute Gasteiger partial charge is 0.310 e. The van der Waals surface area contributed by atoms with Gasteiger partial charge in [0, 0.05) is 36.5 Å². The lowest BCUT2D eigenvalue weighted by Crippen LogP contribution is -2.40. The van der Waals surface area contributed by atoms with Crippen LogP contribution in [0, 0.1) is 0 Å². The van der Waals surface area contributed by atoms with Gasteiger partial charge in [-0.05, 0) is 51.2 Å². The molecule has 1 atom stereocenters. The molecule has 1 saturated heterocycles. The quantitative estimate of drug-likeness (QED) is 0.830. The molecule has 2 aliphatic carbocycles. The Balaban J connectivity index is 1.43. The van der Waals surface area contributed by atoms with Gasteiger partial charge in [-0.25, -0.2) is 0 Å². The second-order valence-electron chi connectivity index (χ2n) is 6.09. The fourth-order valence-corrected chi connectivity index (χ4v) is 4.23. The number of rotatable bonds is 4. The first-order valence-corrected chi connectivity index (χ1v) is 8.67. The molecule has 1 N–H and O–H groups in total. The van der Waals surface area contributed by atoms with Crippen molar-refractivity contribution in [2.24, 2.45) is 0 Å². The average Bonchev–Trinajstić information content (AvgIpc) is 3.06. The molecule has 1 aliphatic heterocycles. The van der Waals surface area contributed by atoms with Crippen LogP contribution in [0.1, 0.15) is 44.9 Å². The van der Waals surface area contributed by atoms with Gasteiger partial charge in [-0.3, -0.25) is 4.90 Å². The van der Waals surface area contributed by atoms with Gasteiger partial charge in [0.1, 0.15) is 0 Å². The molecule has 17 heavy (non-hydrogen) atoms. The van der Waals surface area contributed by atoms with Crippen molar-refractivity contribution in [3.63, 3.8) is 0 Å². The summed E-state index contributed by atoms with van der Waals surface area (Å²) < 4.78 is 0. The van der Waals surface area contributed by atoms with Gasteiger partial charge in [0.25, 0.3) is 0 Å². The molecule has 0 spiro atoms. The Morgan fingerprint density at radius 2 is 1.71 bits per heavy atom. The Morgan fingerprint density at radius 1 is 0.941 bits per heavy atom. The summed E-state index contributed by atoms with van der Waals surface area (Å²) in [5, 5.41) is 4.75. The third kappa shape index (κ3) is 3.18. The average molecular weight is 254 g/mol. The minimum atomic E-state index is 0.806. The first kappa shape index (κ1) is 12.3. The van der Waals surface area contributed by atoms with E-state index in [1.54, 1.807) is 0 Å². The van der Waals surface area contributed by atoms with Crippen molar-refractivity contribution in [1.82, 2.24) is 10.2 Å². The van der Waals surface area contributed by atoms with Gasteiger partial charge in [0.2, 0.25) is 0 Å². The molecule has 0 bridgehead atoms. The Kier molecular flexibility index (Phi) is 3.98. The van der Waals surface area contributed by atoms with Crippen LogP contribution in [0.3, 0.4) is 0 Å². The van der Waals surface area contributed by atoms with E-state index in [4.69, 9.17) is 0 Å². The molecule has 3 heteroatoms. The topological polar surface area (TPSA) is 15.3 Å². The molecule has 3 rings (SSSR count). The minimum absolute atomic E-state index is 0.806. The lowest BCUT2D eigenvalue weighted by Gasteiger charge is -2.34.